The molecule has 6 nitrogen and oxygen atoms in total. The lowest BCUT2D eigenvalue weighted by Gasteiger charge is -2.47. The molecule has 6 heteroatoms. The molecule has 2 heterocycles. The number of hydrogen-bond acceptors (Lipinski definition) is 5. The van der Waals surface area contributed by atoms with Gasteiger partial charge in [-0.15, -0.1) is 0 Å². The maximum absolute atomic E-state index is 13.5. The van der Waals surface area contributed by atoms with Crippen LogP contribution in [0, 0.1) is 5.92 Å². The summed E-state index contributed by atoms with van der Waals surface area (Å²) in [5.74, 6) is 0.674. The van der Waals surface area contributed by atoms with Crippen LogP contribution < -0.4 is 4.74 Å². The predicted octanol–water partition coefficient (Wildman–Crippen LogP) is 6.88. The number of hydrogen-bond donors (Lipinski definition) is 0. The second-order valence-electron chi connectivity index (χ2n) is 11.4. The Kier molecular flexibility index (Phi) is 7.22. The van der Waals surface area contributed by atoms with Crippen molar-refractivity contribution in [3.8, 4) is 16.9 Å². The molecule has 42 heavy (non-hydrogen) atoms. The highest BCUT2D eigenvalue weighted by Gasteiger charge is 2.45. The Labute approximate surface area is 245 Å². The van der Waals surface area contributed by atoms with E-state index < -0.39 is 0 Å². The van der Waals surface area contributed by atoms with E-state index in [1.165, 1.54) is 22.3 Å². The summed E-state index contributed by atoms with van der Waals surface area (Å²) in [6.45, 7) is 1.59. The van der Waals surface area contributed by atoms with Gasteiger partial charge in [-0.05, 0) is 64.9 Å². The first-order chi connectivity index (χ1) is 20.7. The third kappa shape index (κ3) is 5.07. The lowest BCUT2D eigenvalue weighted by Crippen LogP contribution is -2.60. The zero-order chi connectivity index (χ0) is 28.5. The van der Waals surface area contributed by atoms with Gasteiger partial charge in [-0.3, -0.25) is 9.69 Å². The van der Waals surface area contributed by atoms with Gasteiger partial charge in [0.25, 0.3) is 0 Å². The smallest absolute Gasteiger partial charge is 0.410 e. The molecule has 4 aromatic carbocycles. The van der Waals surface area contributed by atoms with Gasteiger partial charge in [0, 0.05) is 17.4 Å². The minimum Gasteiger partial charge on any atom is -0.489 e. The monoisotopic (exact) mass is 559 g/mol. The number of morpholine rings is 1. The number of carbonyl (C=O) groups excluding carboxylic acids is 2. The summed E-state index contributed by atoms with van der Waals surface area (Å²) in [5, 5.41) is 0. The zero-order valence-electron chi connectivity index (χ0n) is 23.4. The van der Waals surface area contributed by atoms with Crippen LogP contribution in [0.4, 0.5) is 4.79 Å². The van der Waals surface area contributed by atoms with Crippen molar-refractivity contribution in [2.45, 2.75) is 37.5 Å². The van der Waals surface area contributed by atoms with Crippen molar-refractivity contribution >= 4 is 11.9 Å². The highest BCUT2D eigenvalue weighted by molar-refractivity contribution is 5.98. The Bertz CT molecular complexity index is 1520. The number of carbonyl (C=O) groups is 2. The molecule has 1 aliphatic carbocycles. The SMILES string of the molecule is O=C(c1ccc(OCc2ccccc2)cc1)C1CC2COCC(C1)N2C(=O)OCC1c2ccccc2-c2ccccc21. The van der Waals surface area contributed by atoms with Crippen LogP contribution in [-0.4, -0.2) is 48.7 Å². The fourth-order valence-electron chi connectivity index (χ4n) is 6.79. The summed E-state index contributed by atoms with van der Waals surface area (Å²) in [6.07, 6.45) is 0.804. The highest BCUT2D eigenvalue weighted by atomic mass is 16.6. The van der Waals surface area contributed by atoms with Gasteiger partial charge >= 0.3 is 6.09 Å². The van der Waals surface area contributed by atoms with Crippen LogP contribution in [0.2, 0.25) is 0 Å². The van der Waals surface area contributed by atoms with Gasteiger partial charge in [-0.25, -0.2) is 4.79 Å². The fraction of sp³-hybridized carbons (Fsp3) is 0.278. The topological polar surface area (TPSA) is 65.1 Å². The molecule has 7 rings (SSSR count). The van der Waals surface area contributed by atoms with Crippen LogP contribution >= 0.6 is 0 Å². The van der Waals surface area contributed by atoms with Crippen molar-refractivity contribution in [2.75, 3.05) is 19.8 Å². The first-order valence-electron chi connectivity index (χ1n) is 14.7. The molecule has 2 bridgehead atoms. The lowest BCUT2D eigenvalue weighted by atomic mass is 9.81. The Morgan fingerprint density at radius 1 is 0.738 bits per heavy atom. The molecule has 1 amide bonds. The summed E-state index contributed by atoms with van der Waals surface area (Å²) in [5.41, 5.74) is 6.55. The summed E-state index contributed by atoms with van der Waals surface area (Å²) in [7, 11) is 0. The van der Waals surface area contributed by atoms with Crippen molar-refractivity contribution in [1.82, 2.24) is 4.90 Å². The van der Waals surface area contributed by atoms with Crippen LogP contribution in [0.15, 0.2) is 103 Å². The number of nitrogens with zero attached hydrogens (tertiary/aromatic N) is 1. The molecule has 2 atom stereocenters. The Hall–Kier alpha value is -4.42. The first-order valence-corrected chi connectivity index (χ1v) is 14.7. The van der Waals surface area contributed by atoms with Gasteiger partial charge in [0.2, 0.25) is 0 Å². The van der Waals surface area contributed by atoms with E-state index in [2.05, 4.69) is 24.3 Å². The standard InChI is InChI=1S/C36H33NO5/c38-35(25-14-16-29(17-15-25)41-20-24-8-2-1-3-9-24)26-18-27-21-40-22-28(19-26)37(27)36(39)42-23-34-32-12-6-4-10-30(32)31-11-5-7-13-33(31)34/h1-17,26-28,34H,18-23H2. The van der Waals surface area contributed by atoms with Gasteiger partial charge in [-0.2, -0.15) is 0 Å². The minimum atomic E-state index is -0.319. The third-order valence-corrected chi connectivity index (χ3v) is 8.83. The summed E-state index contributed by atoms with van der Waals surface area (Å²) < 4.78 is 17.7. The average molecular weight is 560 g/mol. The normalized spacial score (nSPS) is 20.9. The number of amides is 1. The van der Waals surface area contributed by atoms with Crippen LogP contribution in [0.25, 0.3) is 11.1 Å². The van der Waals surface area contributed by atoms with Gasteiger partial charge in [0.15, 0.2) is 5.78 Å². The Morgan fingerprint density at radius 3 is 1.98 bits per heavy atom. The molecule has 2 unspecified atom stereocenters. The molecule has 2 fully saturated rings. The Morgan fingerprint density at radius 2 is 1.33 bits per heavy atom. The second kappa shape index (κ2) is 11.5. The fourth-order valence-corrected chi connectivity index (χ4v) is 6.79. The number of rotatable bonds is 7. The molecular formula is C36H33NO5. The minimum absolute atomic E-state index is 0.0104. The highest BCUT2D eigenvalue weighted by Crippen LogP contribution is 2.45. The molecule has 2 aliphatic heterocycles. The van der Waals surface area contributed by atoms with Gasteiger partial charge in [-0.1, -0.05) is 78.9 Å². The van der Waals surface area contributed by atoms with Crippen molar-refractivity contribution in [2.24, 2.45) is 5.92 Å². The lowest BCUT2D eigenvalue weighted by molar-refractivity contribution is -0.0747. The Balaban J connectivity index is 0.988. The van der Waals surface area contributed by atoms with E-state index >= 15 is 0 Å². The number of fused-ring (bicyclic) bond motifs is 5. The van der Waals surface area contributed by atoms with Gasteiger partial charge < -0.3 is 14.2 Å². The second-order valence-corrected chi connectivity index (χ2v) is 11.4. The molecule has 0 N–H and O–H groups in total. The van der Waals surface area contributed by atoms with Gasteiger partial charge in [0.1, 0.15) is 19.0 Å². The molecule has 3 aliphatic rings. The van der Waals surface area contributed by atoms with Crippen LogP contribution in [-0.2, 0) is 16.1 Å². The van der Waals surface area contributed by atoms with Crippen LogP contribution in [0.3, 0.4) is 0 Å². The average Bonchev–Trinajstić information content (AvgIpc) is 3.36. The number of benzene rings is 4. The van der Waals surface area contributed by atoms with Crippen molar-refractivity contribution in [3.63, 3.8) is 0 Å². The van der Waals surface area contributed by atoms with Crippen LogP contribution in [0.5, 0.6) is 5.75 Å². The van der Waals surface area contributed by atoms with E-state index in [0.717, 1.165) is 11.3 Å². The number of ether oxygens (including phenoxy) is 3. The molecule has 0 saturated carbocycles. The number of ketones is 1. The van der Waals surface area contributed by atoms with Crippen LogP contribution in [0.1, 0.15) is 45.8 Å². The third-order valence-electron chi connectivity index (χ3n) is 8.83. The predicted molar refractivity (Wildman–Crippen MR) is 160 cm³/mol. The van der Waals surface area contributed by atoms with Crippen molar-refractivity contribution in [1.29, 1.82) is 0 Å². The number of piperidine rings is 1. The molecule has 0 aromatic heterocycles. The first kappa shape index (κ1) is 26.5. The van der Waals surface area contributed by atoms with E-state index in [4.69, 9.17) is 14.2 Å². The molecule has 2 saturated heterocycles. The van der Waals surface area contributed by atoms with E-state index in [1.807, 2.05) is 83.8 Å². The quantitative estimate of drug-likeness (QED) is 0.231. The molecular weight excluding hydrogens is 526 g/mol. The van der Waals surface area contributed by atoms with E-state index in [9.17, 15) is 9.59 Å². The maximum Gasteiger partial charge on any atom is 0.410 e. The molecule has 212 valence electrons. The van der Waals surface area contributed by atoms with Gasteiger partial charge in [0.05, 0.1) is 25.3 Å². The summed E-state index contributed by atoms with van der Waals surface area (Å²) in [6, 6.07) is 33.7. The maximum atomic E-state index is 13.5. The number of Topliss-reactive ketones (excluding diaryl/α,β-unsaturated/α-hetero) is 1. The summed E-state index contributed by atoms with van der Waals surface area (Å²) in [4.78, 5) is 28.8. The molecule has 4 aromatic rings. The van der Waals surface area contributed by atoms with Crippen molar-refractivity contribution in [3.05, 3.63) is 125 Å². The molecule has 0 radical (unpaired) electrons. The summed E-state index contributed by atoms with van der Waals surface area (Å²) >= 11 is 0. The largest absolute Gasteiger partial charge is 0.489 e. The van der Waals surface area contributed by atoms with Crippen molar-refractivity contribution < 1.29 is 23.8 Å². The molecule has 0 spiro atoms. The van der Waals surface area contributed by atoms with E-state index in [1.54, 1.807) is 0 Å². The zero-order valence-corrected chi connectivity index (χ0v) is 23.4. The van der Waals surface area contributed by atoms with E-state index in [-0.39, 0.29) is 42.4 Å². The van der Waals surface area contributed by atoms with E-state index in [0.29, 0.717) is 38.2 Å².